The maximum absolute atomic E-state index is 11.0. The maximum Gasteiger partial charge on any atom is 0.220 e. The Labute approximate surface area is 85.1 Å². The fraction of sp³-hybridized carbons (Fsp3) is 0.889. The van der Waals surface area contributed by atoms with Crippen LogP contribution in [-0.2, 0) is 4.79 Å². The first-order valence-electron chi connectivity index (χ1n) is 4.78. The van der Waals surface area contributed by atoms with Crippen LogP contribution >= 0.6 is 12.4 Å². The highest BCUT2D eigenvalue weighted by atomic mass is 35.5. The van der Waals surface area contributed by atoms with Gasteiger partial charge in [0.2, 0.25) is 5.91 Å². The van der Waals surface area contributed by atoms with Gasteiger partial charge >= 0.3 is 0 Å². The second-order valence-corrected chi connectivity index (χ2v) is 4.03. The molecule has 0 aromatic heterocycles. The molecule has 2 fully saturated rings. The van der Waals surface area contributed by atoms with Crippen LogP contribution in [0, 0.1) is 5.41 Å². The number of carbonyl (C=O) groups excluding carboxylic acids is 1. The predicted octanol–water partition coefficient (Wildman–Crippen LogP) is 0.688. The largest absolute Gasteiger partial charge is 0.356 e. The zero-order chi connectivity index (χ0) is 8.44. The summed E-state index contributed by atoms with van der Waals surface area (Å²) in [5.41, 5.74) is 0.444. The van der Waals surface area contributed by atoms with Crippen molar-refractivity contribution < 1.29 is 4.79 Å². The lowest BCUT2D eigenvalue weighted by Gasteiger charge is -2.40. The van der Waals surface area contributed by atoms with Gasteiger partial charge in [-0.1, -0.05) is 0 Å². The Bertz CT molecular complexity index is 178. The number of hydrogen-bond donors (Lipinski definition) is 2. The van der Waals surface area contributed by atoms with Gasteiger partial charge in [-0.2, -0.15) is 0 Å². The number of halogens is 1. The molecule has 0 aromatic carbocycles. The van der Waals surface area contributed by atoms with E-state index in [-0.39, 0.29) is 18.3 Å². The van der Waals surface area contributed by atoms with Crippen LogP contribution in [0.25, 0.3) is 0 Å². The second-order valence-electron chi connectivity index (χ2n) is 4.03. The van der Waals surface area contributed by atoms with Gasteiger partial charge < -0.3 is 10.6 Å². The monoisotopic (exact) mass is 204 g/mol. The molecule has 2 aliphatic rings. The number of hydrogen-bond acceptors (Lipinski definition) is 2. The van der Waals surface area contributed by atoms with Gasteiger partial charge in [0.05, 0.1) is 0 Å². The normalized spacial score (nSPS) is 26.3. The van der Waals surface area contributed by atoms with Crippen LogP contribution in [0.3, 0.4) is 0 Å². The average Bonchev–Trinajstić information content (AvgIpc) is 2.13. The summed E-state index contributed by atoms with van der Waals surface area (Å²) in [6.07, 6.45) is 4.29. The zero-order valence-electron chi connectivity index (χ0n) is 7.77. The minimum absolute atomic E-state index is 0. The summed E-state index contributed by atoms with van der Waals surface area (Å²) in [5.74, 6) is 0.235. The van der Waals surface area contributed by atoms with Crippen LogP contribution in [0.15, 0.2) is 0 Å². The van der Waals surface area contributed by atoms with Gasteiger partial charge in [0, 0.05) is 13.0 Å². The summed E-state index contributed by atoms with van der Waals surface area (Å²) in [7, 11) is 0. The van der Waals surface area contributed by atoms with Crippen molar-refractivity contribution in [1.29, 1.82) is 0 Å². The van der Waals surface area contributed by atoms with E-state index in [1.165, 1.54) is 12.8 Å². The summed E-state index contributed by atoms with van der Waals surface area (Å²) in [6.45, 7) is 3.15. The lowest BCUT2D eigenvalue weighted by Crippen LogP contribution is -2.48. The fourth-order valence-electron chi connectivity index (χ4n) is 2.23. The molecule has 0 radical (unpaired) electrons. The number of nitrogens with one attached hydrogen (secondary N) is 2. The van der Waals surface area contributed by atoms with E-state index in [9.17, 15) is 4.79 Å². The number of rotatable bonds is 0. The molecule has 76 valence electrons. The molecule has 0 saturated carbocycles. The standard InChI is InChI=1S/C9H16N2O.ClH/c12-8-1-2-9(7-11-8)3-5-10-6-4-9;/h10H,1-7H2,(H,11,12);1H. The molecular formula is C9H17ClN2O. The number of carbonyl (C=O) groups is 1. The highest BCUT2D eigenvalue weighted by Gasteiger charge is 2.35. The first kappa shape index (κ1) is 10.8. The first-order valence-corrected chi connectivity index (χ1v) is 4.78. The van der Waals surface area contributed by atoms with E-state index in [4.69, 9.17) is 0 Å². The summed E-state index contributed by atoms with van der Waals surface area (Å²) in [6, 6.07) is 0. The van der Waals surface area contributed by atoms with Crippen LogP contribution in [0.5, 0.6) is 0 Å². The Balaban J connectivity index is 0.000000845. The van der Waals surface area contributed by atoms with Crippen molar-refractivity contribution in [2.75, 3.05) is 19.6 Å². The topological polar surface area (TPSA) is 41.1 Å². The fourth-order valence-corrected chi connectivity index (χ4v) is 2.23. The molecular weight excluding hydrogens is 188 g/mol. The Hall–Kier alpha value is -0.280. The molecule has 0 aliphatic carbocycles. The smallest absolute Gasteiger partial charge is 0.220 e. The van der Waals surface area contributed by atoms with E-state index in [0.717, 1.165) is 32.5 Å². The maximum atomic E-state index is 11.0. The van der Waals surface area contributed by atoms with Crippen molar-refractivity contribution in [3.05, 3.63) is 0 Å². The van der Waals surface area contributed by atoms with Crippen molar-refractivity contribution in [1.82, 2.24) is 10.6 Å². The first-order chi connectivity index (χ1) is 5.81. The molecule has 0 bridgehead atoms. The highest BCUT2D eigenvalue weighted by Crippen LogP contribution is 2.35. The third kappa shape index (κ3) is 2.35. The quantitative estimate of drug-likeness (QED) is 0.610. The third-order valence-corrected chi connectivity index (χ3v) is 3.21. The summed E-state index contributed by atoms with van der Waals surface area (Å²) in [5, 5.41) is 6.33. The molecule has 3 nitrogen and oxygen atoms in total. The van der Waals surface area contributed by atoms with Gasteiger partial charge in [-0.15, -0.1) is 12.4 Å². The summed E-state index contributed by atoms with van der Waals surface area (Å²) < 4.78 is 0. The average molecular weight is 205 g/mol. The minimum Gasteiger partial charge on any atom is -0.356 e. The molecule has 13 heavy (non-hydrogen) atoms. The van der Waals surface area contributed by atoms with Gasteiger partial charge in [-0.25, -0.2) is 0 Å². The third-order valence-electron chi connectivity index (χ3n) is 3.21. The molecule has 2 aliphatic heterocycles. The molecule has 0 aromatic rings. The Morgan fingerprint density at radius 2 is 1.85 bits per heavy atom. The Morgan fingerprint density at radius 1 is 1.15 bits per heavy atom. The molecule has 1 amide bonds. The predicted molar refractivity (Wildman–Crippen MR) is 54.0 cm³/mol. The zero-order valence-corrected chi connectivity index (χ0v) is 8.58. The Kier molecular flexibility index (Phi) is 3.56. The number of piperidine rings is 2. The van der Waals surface area contributed by atoms with Crippen LogP contribution in [0.2, 0.25) is 0 Å². The molecule has 0 unspecified atom stereocenters. The van der Waals surface area contributed by atoms with E-state index < -0.39 is 0 Å². The van der Waals surface area contributed by atoms with Gasteiger partial charge in [0.25, 0.3) is 0 Å². The lowest BCUT2D eigenvalue weighted by atomic mass is 9.73. The van der Waals surface area contributed by atoms with E-state index in [0.29, 0.717) is 5.41 Å². The van der Waals surface area contributed by atoms with Crippen LogP contribution in [0.1, 0.15) is 25.7 Å². The van der Waals surface area contributed by atoms with Gasteiger partial charge in [0.1, 0.15) is 0 Å². The molecule has 1 spiro atoms. The lowest BCUT2D eigenvalue weighted by molar-refractivity contribution is -0.124. The van der Waals surface area contributed by atoms with Gasteiger partial charge in [-0.05, 0) is 37.8 Å². The van der Waals surface area contributed by atoms with Crippen molar-refractivity contribution in [3.8, 4) is 0 Å². The van der Waals surface area contributed by atoms with E-state index in [1.54, 1.807) is 0 Å². The van der Waals surface area contributed by atoms with Crippen molar-refractivity contribution in [2.24, 2.45) is 5.41 Å². The van der Waals surface area contributed by atoms with E-state index in [1.807, 2.05) is 0 Å². The van der Waals surface area contributed by atoms with Crippen LogP contribution < -0.4 is 10.6 Å². The molecule has 0 atom stereocenters. The van der Waals surface area contributed by atoms with Crippen molar-refractivity contribution >= 4 is 18.3 Å². The van der Waals surface area contributed by atoms with E-state index in [2.05, 4.69) is 10.6 Å². The van der Waals surface area contributed by atoms with Crippen molar-refractivity contribution in [2.45, 2.75) is 25.7 Å². The van der Waals surface area contributed by atoms with E-state index >= 15 is 0 Å². The molecule has 2 saturated heterocycles. The van der Waals surface area contributed by atoms with Gasteiger partial charge in [0.15, 0.2) is 0 Å². The second kappa shape index (κ2) is 4.29. The summed E-state index contributed by atoms with van der Waals surface area (Å²) in [4.78, 5) is 11.0. The molecule has 2 rings (SSSR count). The summed E-state index contributed by atoms with van der Waals surface area (Å²) >= 11 is 0. The Morgan fingerprint density at radius 3 is 2.38 bits per heavy atom. The molecule has 2 heterocycles. The molecule has 2 N–H and O–H groups in total. The SMILES string of the molecule is Cl.O=C1CCC2(CCNCC2)CN1. The van der Waals surface area contributed by atoms with Gasteiger partial charge in [-0.3, -0.25) is 4.79 Å². The molecule has 4 heteroatoms. The number of amides is 1. The van der Waals surface area contributed by atoms with Crippen molar-refractivity contribution in [3.63, 3.8) is 0 Å². The van der Waals surface area contributed by atoms with Crippen LogP contribution in [0.4, 0.5) is 0 Å². The minimum atomic E-state index is 0. The highest BCUT2D eigenvalue weighted by molar-refractivity contribution is 5.85. The van der Waals surface area contributed by atoms with Crippen LogP contribution in [-0.4, -0.2) is 25.5 Å².